The minimum absolute atomic E-state index is 0.0198. The first-order valence-corrected chi connectivity index (χ1v) is 11.3. The molecule has 2 bridgehead atoms. The van der Waals surface area contributed by atoms with Crippen LogP contribution in [0.2, 0.25) is 0 Å². The summed E-state index contributed by atoms with van der Waals surface area (Å²) in [5.41, 5.74) is 2.13. The molecule has 33 heavy (non-hydrogen) atoms. The SMILES string of the molecule is COc1ccc(C(=O)OC2CC3CC[C@@H](C2)N3c2cc3ccccc3n(C)c2=O)cc1OC. The van der Waals surface area contributed by atoms with Gasteiger partial charge in [-0.1, -0.05) is 18.2 Å². The molecule has 172 valence electrons. The van der Waals surface area contributed by atoms with Gasteiger partial charge in [-0.3, -0.25) is 4.79 Å². The van der Waals surface area contributed by atoms with Crippen LogP contribution in [0.5, 0.6) is 11.5 Å². The number of methoxy groups -OCH3 is 2. The van der Waals surface area contributed by atoms with Crippen LogP contribution < -0.4 is 19.9 Å². The van der Waals surface area contributed by atoms with E-state index in [1.807, 2.05) is 37.4 Å². The van der Waals surface area contributed by atoms with Crippen LogP contribution in [0.25, 0.3) is 10.9 Å². The van der Waals surface area contributed by atoms with E-state index in [2.05, 4.69) is 4.90 Å². The highest BCUT2D eigenvalue weighted by atomic mass is 16.5. The number of nitrogens with zero attached hydrogens (tertiary/aromatic N) is 2. The number of anilines is 1. The monoisotopic (exact) mass is 448 g/mol. The van der Waals surface area contributed by atoms with Gasteiger partial charge in [0.05, 0.1) is 25.3 Å². The first-order chi connectivity index (χ1) is 16.0. The lowest BCUT2D eigenvalue weighted by Crippen LogP contribution is -2.48. The molecule has 2 fully saturated rings. The predicted molar refractivity (Wildman–Crippen MR) is 126 cm³/mol. The number of rotatable bonds is 5. The Morgan fingerprint density at radius 3 is 2.33 bits per heavy atom. The van der Waals surface area contributed by atoms with E-state index in [9.17, 15) is 9.59 Å². The maximum absolute atomic E-state index is 13.2. The number of aromatic nitrogens is 1. The maximum atomic E-state index is 13.2. The van der Waals surface area contributed by atoms with Crippen molar-refractivity contribution in [3.63, 3.8) is 0 Å². The molecule has 0 amide bonds. The third-order valence-corrected chi connectivity index (χ3v) is 6.98. The van der Waals surface area contributed by atoms with Gasteiger partial charge in [-0.25, -0.2) is 4.79 Å². The largest absolute Gasteiger partial charge is 0.493 e. The number of piperidine rings is 1. The van der Waals surface area contributed by atoms with Crippen molar-refractivity contribution >= 4 is 22.6 Å². The van der Waals surface area contributed by atoms with Crippen molar-refractivity contribution in [2.24, 2.45) is 7.05 Å². The second kappa shape index (κ2) is 8.46. The summed E-state index contributed by atoms with van der Waals surface area (Å²) in [4.78, 5) is 28.3. The molecule has 3 aromatic rings. The minimum atomic E-state index is -0.365. The van der Waals surface area contributed by atoms with Gasteiger partial charge in [-0.2, -0.15) is 0 Å². The molecule has 0 aliphatic carbocycles. The lowest BCUT2D eigenvalue weighted by molar-refractivity contribution is 0.0203. The summed E-state index contributed by atoms with van der Waals surface area (Å²) in [5, 5.41) is 1.05. The van der Waals surface area contributed by atoms with Crippen molar-refractivity contribution in [1.29, 1.82) is 0 Å². The van der Waals surface area contributed by atoms with Gasteiger partial charge in [-0.15, -0.1) is 0 Å². The molecular formula is C26H28N2O5. The Morgan fingerprint density at radius 1 is 0.939 bits per heavy atom. The van der Waals surface area contributed by atoms with Crippen LogP contribution in [-0.2, 0) is 11.8 Å². The van der Waals surface area contributed by atoms with Crippen molar-refractivity contribution in [3.05, 3.63) is 64.4 Å². The first kappa shape index (κ1) is 21.4. The number of fused-ring (bicyclic) bond motifs is 3. The van der Waals surface area contributed by atoms with E-state index in [0.29, 0.717) is 29.9 Å². The molecule has 0 radical (unpaired) electrons. The van der Waals surface area contributed by atoms with E-state index >= 15 is 0 Å². The van der Waals surface area contributed by atoms with E-state index in [1.165, 1.54) is 7.11 Å². The van der Waals surface area contributed by atoms with Gasteiger partial charge in [0.2, 0.25) is 0 Å². The van der Waals surface area contributed by atoms with Crippen molar-refractivity contribution < 1.29 is 19.0 Å². The van der Waals surface area contributed by atoms with Crippen LogP contribution in [0.3, 0.4) is 0 Å². The number of hydrogen-bond acceptors (Lipinski definition) is 6. The summed E-state index contributed by atoms with van der Waals surface area (Å²) in [6.07, 6.45) is 3.23. The fourth-order valence-electron chi connectivity index (χ4n) is 5.39. The molecule has 0 N–H and O–H groups in total. The highest BCUT2D eigenvalue weighted by Gasteiger charge is 2.43. The molecule has 2 saturated heterocycles. The van der Waals surface area contributed by atoms with Crippen LogP contribution in [0.4, 0.5) is 5.69 Å². The summed E-state index contributed by atoms with van der Waals surface area (Å²) >= 11 is 0. The molecule has 3 heterocycles. The number of esters is 1. The number of ether oxygens (including phenoxy) is 3. The summed E-state index contributed by atoms with van der Waals surface area (Å²) < 4.78 is 18.2. The summed E-state index contributed by atoms with van der Waals surface area (Å²) in [5.74, 6) is 0.696. The van der Waals surface area contributed by atoms with Gasteiger partial charge >= 0.3 is 5.97 Å². The third-order valence-electron chi connectivity index (χ3n) is 6.98. The summed E-state index contributed by atoms with van der Waals surface area (Å²) in [7, 11) is 4.92. The fourth-order valence-corrected chi connectivity index (χ4v) is 5.39. The molecule has 2 aromatic carbocycles. The highest BCUT2D eigenvalue weighted by molar-refractivity contribution is 5.90. The van der Waals surface area contributed by atoms with Crippen LogP contribution >= 0.6 is 0 Å². The Kier molecular flexibility index (Phi) is 5.48. The van der Waals surface area contributed by atoms with E-state index in [4.69, 9.17) is 14.2 Å². The number of benzene rings is 2. The molecule has 5 rings (SSSR count). The normalized spacial score (nSPS) is 21.8. The molecule has 7 nitrogen and oxygen atoms in total. The van der Waals surface area contributed by atoms with Crippen LogP contribution in [0, 0.1) is 0 Å². The molecule has 0 spiro atoms. The average molecular weight is 449 g/mol. The summed E-state index contributed by atoms with van der Waals surface area (Å²) in [6, 6.07) is 15.4. The van der Waals surface area contributed by atoms with Gasteiger partial charge in [0, 0.05) is 37.4 Å². The Labute approximate surface area is 192 Å². The average Bonchev–Trinajstić information content (AvgIpc) is 3.10. The van der Waals surface area contributed by atoms with Gasteiger partial charge in [0.15, 0.2) is 11.5 Å². The zero-order valence-corrected chi connectivity index (χ0v) is 19.1. The fraction of sp³-hybridized carbons (Fsp3) is 0.385. The van der Waals surface area contributed by atoms with Crippen molar-refractivity contribution in [2.45, 2.75) is 43.9 Å². The standard InChI is InChI=1S/C26H28N2O5/c1-27-21-7-5-4-6-16(21)12-22(25(27)29)28-18-9-10-19(28)15-20(14-18)33-26(30)17-8-11-23(31-2)24(13-17)32-3/h4-8,11-13,18-20H,9-10,14-15H2,1-3H3/t18-,19?,20?/m0/s1. The van der Waals surface area contributed by atoms with Gasteiger partial charge < -0.3 is 23.7 Å². The zero-order valence-electron chi connectivity index (χ0n) is 19.1. The Bertz CT molecular complexity index is 1250. The van der Waals surface area contributed by atoms with E-state index in [-0.39, 0.29) is 29.7 Å². The number of aryl methyl sites for hydroxylation is 1. The van der Waals surface area contributed by atoms with Crippen molar-refractivity contribution in [1.82, 2.24) is 4.57 Å². The maximum Gasteiger partial charge on any atom is 0.338 e. The molecule has 2 aliphatic heterocycles. The number of carbonyl (C=O) groups is 1. The number of hydrogen-bond donors (Lipinski definition) is 0. The van der Waals surface area contributed by atoms with Crippen LogP contribution in [-0.4, -0.2) is 42.9 Å². The van der Waals surface area contributed by atoms with Gasteiger partial charge in [0.1, 0.15) is 11.8 Å². The smallest absolute Gasteiger partial charge is 0.338 e. The molecule has 7 heteroatoms. The van der Waals surface area contributed by atoms with Gasteiger partial charge in [0.25, 0.3) is 5.56 Å². The van der Waals surface area contributed by atoms with Crippen molar-refractivity contribution in [2.75, 3.05) is 19.1 Å². The number of carbonyl (C=O) groups excluding carboxylic acids is 1. The van der Waals surface area contributed by atoms with E-state index in [0.717, 1.165) is 29.4 Å². The second-order valence-electron chi connectivity index (χ2n) is 8.81. The molecule has 2 unspecified atom stereocenters. The van der Waals surface area contributed by atoms with Gasteiger partial charge in [-0.05, 0) is 43.2 Å². The lowest BCUT2D eigenvalue weighted by atomic mass is 9.98. The zero-order chi connectivity index (χ0) is 23.1. The molecule has 3 atom stereocenters. The van der Waals surface area contributed by atoms with E-state index < -0.39 is 0 Å². The Hall–Kier alpha value is -3.48. The number of pyridine rings is 1. The summed E-state index contributed by atoms with van der Waals surface area (Å²) in [6.45, 7) is 0. The number of para-hydroxylation sites is 1. The Morgan fingerprint density at radius 2 is 1.64 bits per heavy atom. The molecule has 1 aromatic heterocycles. The predicted octanol–water partition coefficient (Wildman–Crippen LogP) is 3.91. The van der Waals surface area contributed by atoms with E-state index in [1.54, 1.807) is 29.9 Å². The van der Waals surface area contributed by atoms with Crippen LogP contribution in [0.15, 0.2) is 53.3 Å². The topological polar surface area (TPSA) is 70.0 Å². The molecular weight excluding hydrogens is 420 g/mol. The quantitative estimate of drug-likeness (QED) is 0.551. The minimum Gasteiger partial charge on any atom is -0.493 e. The lowest BCUT2D eigenvalue weighted by Gasteiger charge is -2.40. The van der Waals surface area contributed by atoms with Crippen LogP contribution in [0.1, 0.15) is 36.0 Å². The van der Waals surface area contributed by atoms with Crippen molar-refractivity contribution in [3.8, 4) is 11.5 Å². The first-order valence-electron chi connectivity index (χ1n) is 11.3. The third kappa shape index (κ3) is 3.71. The molecule has 2 aliphatic rings. The highest BCUT2D eigenvalue weighted by Crippen LogP contribution is 2.40. The second-order valence-corrected chi connectivity index (χ2v) is 8.81. The molecule has 0 saturated carbocycles. The Balaban J connectivity index is 1.35.